The topological polar surface area (TPSA) is 49.6 Å². The molecule has 4 nitrogen and oxygen atoms in total. The molecule has 0 aliphatic carbocycles. The Bertz CT molecular complexity index is 262. The molecule has 112 valence electrons. The normalized spacial score (nSPS) is 20.3. The van der Waals surface area contributed by atoms with Gasteiger partial charge in [-0.1, -0.05) is 13.8 Å². The second-order valence-electron chi connectivity index (χ2n) is 5.90. The van der Waals surface area contributed by atoms with Crippen LogP contribution in [-0.4, -0.2) is 54.5 Å². The summed E-state index contributed by atoms with van der Waals surface area (Å²) in [7, 11) is 0. The molecule has 0 bridgehead atoms. The van der Waals surface area contributed by atoms with E-state index in [1.54, 1.807) is 0 Å². The molecule has 1 aliphatic rings. The summed E-state index contributed by atoms with van der Waals surface area (Å²) < 4.78 is 0. The van der Waals surface area contributed by atoms with Gasteiger partial charge in [-0.3, -0.25) is 9.69 Å². The molecule has 0 spiro atoms. The number of rotatable bonds is 7. The van der Waals surface area contributed by atoms with E-state index in [-0.39, 0.29) is 0 Å². The maximum Gasteiger partial charge on any atom is 0.222 e. The monoisotopic (exact) mass is 269 g/mol. The number of hydrogen-bond acceptors (Lipinski definition) is 3. The molecule has 1 aliphatic heterocycles. The molecule has 19 heavy (non-hydrogen) atoms. The van der Waals surface area contributed by atoms with Crippen LogP contribution in [0.5, 0.6) is 0 Å². The summed E-state index contributed by atoms with van der Waals surface area (Å²) in [6.45, 7) is 11.2. The summed E-state index contributed by atoms with van der Waals surface area (Å²) in [5.74, 6) is 0.892. The maximum atomic E-state index is 12.1. The number of amides is 1. The molecule has 0 saturated carbocycles. The van der Waals surface area contributed by atoms with Gasteiger partial charge in [0.2, 0.25) is 5.91 Å². The van der Waals surface area contributed by atoms with Crippen molar-refractivity contribution in [1.29, 1.82) is 0 Å². The average Bonchev–Trinajstić information content (AvgIpc) is 2.44. The molecule has 2 atom stereocenters. The van der Waals surface area contributed by atoms with E-state index in [4.69, 9.17) is 5.73 Å². The SMILES string of the molecule is CCC(C)N1CCN(C(=O)CCC(C)CCN)CC1. The zero-order valence-corrected chi connectivity index (χ0v) is 12.9. The standard InChI is InChI=1S/C15H31N3O/c1-4-14(3)17-9-11-18(12-10-17)15(19)6-5-13(2)7-8-16/h13-14H,4-12,16H2,1-3H3. The Morgan fingerprint density at radius 2 is 1.79 bits per heavy atom. The van der Waals surface area contributed by atoms with Crippen molar-refractivity contribution in [2.75, 3.05) is 32.7 Å². The average molecular weight is 269 g/mol. The number of carbonyl (C=O) groups is 1. The zero-order valence-electron chi connectivity index (χ0n) is 12.9. The summed E-state index contributed by atoms with van der Waals surface area (Å²) in [5, 5.41) is 0. The molecular formula is C15H31N3O. The van der Waals surface area contributed by atoms with Crippen LogP contribution in [0.4, 0.5) is 0 Å². The first-order valence-corrected chi connectivity index (χ1v) is 7.80. The molecule has 0 aromatic carbocycles. The highest BCUT2D eigenvalue weighted by atomic mass is 16.2. The van der Waals surface area contributed by atoms with Crippen molar-refractivity contribution in [3.63, 3.8) is 0 Å². The van der Waals surface area contributed by atoms with E-state index in [0.29, 0.717) is 24.3 Å². The van der Waals surface area contributed by atoms with E-state index in [1.165, 1.54) is 6.42 Å². The molecule has 1 fully saturated rings. The van der Waals surface area contributed by atoms with Crippen LogP contribution in [0.25, 0.3) is 0 Å². The van der Waals surface area contributed by atoms with Crippen molar-refractivity contribution in [2.24, 2.45) is 11.7 Å². The minimum atomic E-state index is 0.327. The second kappa shape index (κ2) is 8.54. The quantitative estimate of drug-likeness (QED) is 0.765. The molecule has 0 aromatic rings. The number of hydrogen-bond donors (Lipinski definition) is 1. The summed E-state index contributed by atoms with van der Waals surface area (Å²) in [5.41, 5.74) is 5.53. The summed E-state index contributed by atoms with van der Waals surface area (Å²) >= 11 is 0. The van der Waals surface area contributed by atoms with Crippen molar-refractivity contribution < 1.29 is 4.79 Å². The van der Waals surface area contributed by atoms with Crippen LogP contribution >= 0.6 is 0 Å². The number of nitrogens with two attached hydrogens (primary N) is 1. The first-order chi connectivity index (χ1) is 9.08. The molecule has 2 unspecified atom stereocenters. The lowest BCUT2D eigenvalue weighted by Crippen LogP contribution is -2.51. The largest absolute Gasteiger partial charge is 0.340 e. The predicted octanol–water partition coefficient (Wildman–Crippen LogP) is 1.69. The van der Waals surface area contributed by atoms with Crippen molar-refractivity contribution in [2.45, 2.75) is 52.5 Å². The van der Waals surface area contributed by atoms with Gasteiger partial charge in [0.15, 0.2) is 0 Å². The third-order valence-corrected chi connectivity index (χ3v) is 4.39. The highest BCUT2D eigenvalue weighted by Crippen LogP contribution is 2.13. The summed E-state index contributed by atoms with van der Waals surface area (Å²) in [4.78, 5) is 16.7. The van der Waals surface area contributed by atoms with Gasteiger partial charge in [0.05, 0.1) is 0 Å². The lowest BCUT2D eigenvalue weighted by Gasteiger charge is -2.38. The van der Waals surface area contributed by atoms with E-state index in [1.807, 2.05) is 4.90 Å². The van der Waals surface area contributed by atoms with Crippen LogP contribution in [0, 0.1) is 5.92 Å². The lowest BCUT2D eigenvalue weighted by atomic mass is 10.0. The molecule has 1 saturated heterocycles. The van der Waals surface area contributed by atoms with Crippen molar-refractivity contribution in [3.05, 3.63) is 0 Å². The van der Waals surface area contributed by atoms with Gasteiger partial charge in [0.1, 0.15) is 0 Å². The van der Waals surface area contributed by atoms with E-state index >= 15 is 0 Å². The fourth-order valence-corrected chi connectivity index (χ4v) is 2.63. The van der Waals surface area contributed by atoms with E-state index in [9.17, 15) is 4.79 Å². The molecule has 1 amide bonds. The number of piperazine rings is 1. The van der Waals surface area contributed by atoms with Crippen molar-refractivity contribution in [1.82, 2.24) is 9.80 Å². The van der Waals surface area contributed by atoms with Gasteiger partial charge in [0.25, 0.3) is 0 Å². The Balaban J connectivity index is 2.25. The fraction of sp³-hybridized carbons (Fsp3) is 0.933. The van der Waals surface area contributed by atoms with Gasteiger partial charge in [-0.15, -0.1) is 0 Å². The Morgan fingerprint density at radius 1 is 1.16 bits per heavy atom. The minimum Gasteiger partial charge on any atom is -0.340 e. The van der Waals surface area contributed by atoms with Gasteiger partial charge < -0.3 is 10.6 Å². The molecule has 0 radical (unpaired) electrons. The van der Waals surface area contributed by atoms with Crippen molar-refractivity contribution >= 4 is 5.91 Å². The molecule has 4 heteroatoms. The predicted molar refractivity (Wildman–Crippen MR) is 80.0 cm³/mol. The van der Waals surface area contributed by atoms with Crippen LogP contribution in [0.15, 0.2) is 0 Å². The Labute approximate surface area is 118 Å². The van der Waals surface area contributed by atoms with Crippen LogP contribution < -0.4 is 5.73 Å². The van der Waals surface area contributed by atoms with Crippen LogP contribution in [0.1, 0.15) is 46.5 Å². The third-order valence-electron chi connectivity index (χ3n) is 4.39. The van der Waals surface area contributed by atoms with Gasteiger partial charge in [-0.2, -0.15) is 0 Å². The smallest absolute Gasteiger partial charge is 0.222 e. The van der Waals surface area contributed by atoms with Crippen LogP contribution in [0.2, 0.25) is 0 Å². The van der Waals surface area contributed by atoms with Gasteiger partial charge >= 0.3 is 0 Å². The molecule has 0 aromatic heterocycles. The highest BCUT2D eigenvalue weighted by Gasteiger charge is 2.23. The van der Waals surface area contributed by atoms with Crippen molar-refractivity contribution in [3.8, 4) is 0 Å². The molecule has 2 N–H and O–H groups in total. The van der Waals surface area contributed by atoms with E-state index < -0.39 is 0 Å². The van der Waals surface area contributed by atoms with Gasteiger partial charge in [-0.05, 0) is 38.6 Å². The molecule has 1 rings (SSSR count). The Kier molecular flexibility index (Phi) is 7.39. The van der Waals surface area contributed by atoms with E-state index in [0.717, 1.165) is 45.6 Å². The summed E-state index contributed by atoms with van der Waals surface area (Å²) in [6.07, 6.45) is 3.87. The molecule has 1 heterocycles. The third kappa shape index (κ3) is 5.49. The number of nitrogens with zero attached hydrogens (tertiary/aromatic N) is 2. The highest BCUT2D eigenvalue weighted by molar-refractivity contribution is 5.76. The first-order valence-electron chi connectivity index (χ1n) is 7.80. The lowest BCUT2D eigenvalue weighted by molar-refractivity contribution is -0.133. The Morgan fingerprint density at radius 3 is 2.32 bits per heavy atom. The maximum absolute atomic E-state index is 12.1. The van der Waals surface area contributed by atoms with Crippen LogP contribution in [0.3, 0.4) is 0 Å². The second-order valence-corrected chi connectivity index (χ2v) is 5.90. The fourth-order valence-electron chi connectivity index (χ4n) is 2.63. The van der Waals surface area contributed by atoms with Crippen LogP contribution in [-0.2, 0) is 4.79 Å². The number of carbonyl (C=O) groups excluding carboxylic acids is 1. The van der Waals surface area contributed by atoms with Gasteiger partial charge in [-0.25, -0.2) is 0 Å². The van der Waals surface area contributed by atoms with E-state index in [2.05, 4.69) is 25.7 Å². The van der Waals surface area contributed by atoms with Gasteiger partial charge in [0, 0.05) is 38.6 Å². The minimum absolute atomic E-state index is 0.327. The first kappa shape index (κ1) is 16.4. The molecular weight excluding hydrogens is 238 g/mol. The summed E-state index contributed by atoms with van der Waals surface area (Å²) in [6, 6.07) is 0.641. The Hall–Kier alpha value is -0.610. The zero-order chi connectivity index (χ0) is 14.3.